The molecule has 5 rings (SSSR count). The van der Waals surface area contributed by atoms with E-state index in [0.717, 1.165) is 31.6 Å². The molecule has 8 nitrogen and oxygen atoms in total. The van der Waals surface area contributed by atoms with E-state index < -0.39 is 24.5 Å². The van der Waals surface area contributed by atoms with E-state index in [1.54, 1.807) is 13.3 Å². The van der Waals surface area contributed by atoms with Crippen LogP contribution in [-0.2, 0) is 6.54 Å². The molecule has 1 saturated heterocycles. The number of pyridine rings is 1. The van der Waals surface area contributed by atoms with Crippen molar-refractivity contribution in [3.63, 3.8) is 0 Å². The number of alkyl halides is 3. The van der Waals surface area contributed by atoms with Gasteiger partial charge in [0.05, 0.1) is 12.1 Å². The van der Waals surface area contributed by atoms with E-state index >= 15 is 0 Å². The summed E-state index contributed by atoms with van der Waals surface area (Å²) in [6.07, 6.45) is -0.962. The maximum absolute atomic E-state index is 14.3. The van der Waals surface area contributed by atoms with Crippen LogP contribution in [0.2, 0.25) is 5.02 Å². The van der Waals surface area contributed by atoms with Gasteiger partial charge >= 0.3 is 12.2 Å². The van der Waals surface area contributed by atoms with Crippen molar-refractivity contribution in [2.24, 2.45) is 11.8 Å². The Morgan fingerprint density at radius 2 is 1.92 bits per heavy atom. The Bertz CT molecular complexity index is 1230. The van der Waals surface area contributed by atoms with Crippen LogP contribution in [0.15, 0.2) is 36.5 Å². The molecule has 1 N–H and O–H groups in total. The van der Waals surface area contributed by atoms with Gasteiger partial charge in [-0.3, -0.25) is 0 Å². The van der Waals surface area contributed by atoms with E-state index in [4.69, 9.17) is 21.1 Å². The van der Waals surface area contributed by atoms with Gasteiger partial charge in [0.2, 0.25) is 11.8 Å². The molecule has 2 atom stereocenters. The van der Waals surface area contributed by atoms with Gasteiger partial charge in [-0.15, -0.1) is 5.10 Å². The summed E-state index contributed by atoms with van der Waals surface area (Å²) in [4.78, 5) is 10.5. The largest absolute Gasteiger partial charge is 0.481 e. The van der Waals surface area contributed by atoms with Crippen molar-refractivity contribution in [3.8, 4) is 17.6 Å². The van der Waals surface area contributed by atoms with Gasteiger partial charge in [0.25, 0.3) is 0 Å². The molecule has 2 aliphatic rings. The second-order valence-corrected chi connectivity index (χ2v) is 9.28. The predicted molar refractivity (Wildman–Crippen MR) is 124 cm³/mol. The minimum Gasteiger partial charge on any atom is -0.481 e. The first-order valence-electron chi connectivity index (χ1n) is 11.3. The summed E-state index contributed by atoms with van der Waals surface area (Å²) in [6.45, 7) is 0.0672. The van der Waals surface area contributed by atoms with E-state index in [-0.39, 0.29) is 34.6 Å². The molecule has 3 heterocycles. The molecule has 36 heavy (non-hydrogen) atoms. The maximum atomic E-state index is 14.3. The van der Waals surface area contributed by atoms with Crippen LogP contribution in [-0.4, -0.2) is 52.2 Å². The summed E-state index contributed by atoms with van der Waals surface area (Å²) in [7, 11) is 1.57. The lowest BCUT2D eigenvalue weighted by Gasteiger charge is -2.39. The highest BCUT2D eigenvalue weighted by molar-refractivity contribution is 6.30. The predicted octanol–water partition coefficient (Wildman–Crippen LogP) is 5.16. The number of aromatic nitrogens is 4. The highest BCUT2D eigenvalue weighted by Crippen LogP contribution is 2.40. The maximum Gasteiger partial charge on any atom is 0.408 e. The Morgan fingerprint density at radius 1 is 1.17 bits per heavy atom. The lowest BCUT2D eigenvalue weighted by molar-refractivity contribution is -0.143. The van der Waals surface area contributed by atoms with Crippen molar-refractivity contribution in [3.05, 3.63) is 47.4 Å². The Morgan fingerprint density at radius 3 is 2.61 bits per heavy atom. The zero-order valence-corrected chi connectivity index (χ0v) is 19.9. The molecule has 2 unspecified atom stereocenters. The van der Waals surface area contributed by atoms with Gasteiger partial charge in [0, 0.05) is 37.1 Å². The first-order valence-corrected chi connectivity index (χ1v) is 11.7. The molecule has 3 aromatic rings. The normalized spacial score (nSPS) is 21.5. The molecule has 0 amide bonds. The molecule has 1 aromatic carbocycles. The van der Waals surface area contributed by atoms with Crippen LogP contribution in [0, 0.1) is 17.7 Å². The quantitative estimate of drug-likeness (QED) is 0.426. The average molecular weight is 527 g/mol. The van der Waals surface area contributed by atoms with Crippen LogP contribution < -0.4 is 19.7 Å². The zero-order chi connectivity index (χ0) is 25.4. The lowest BCUT2D eigenvalue weighted by Crippen LogP contribution is -2.48. The molecule has 0 radical (unpaired) electrons. The Hall–Kier alpha value is -3.28. The third-order valence-electron chi connectivity index (χ3n) is 6.51. The number of hydrogen-bond acceptors (Lipinski definition) is 7. The molecule has 2 fully saturated rings. The molecule has 2 aromatic heterocycles. The fraction of sp³-hybridized carbons (Fsp3) is 0.435. The van der Waals surface area contributed by atoms with Gasteiger partial charge in [0.1, 0.15) is 6.54 Å². The van der Waals surface area contributed by atoms with Crippen LogP contribution in [0.3, 0.4) is 0 Å². The molecule has 192 valence electrons. The summed E-state index contributed by atoms with van der Waals surface area (Å²) in [5, 5.41) is 6.99. The highest BCUT2D eigenvalue weighted by atomic mass is 35.5. The number of rotatable bonds is 7. The standard InChI is InChI=1S/C23H23ClF4N6O2/c1-35-18-9-15(7-8-29-18)33-10-13-5-6-14(11-33)20(13)30-21-31-22(34(32-21)12-23(26,27)28)36-17-4-2-3-16(24)19(17)25/h2-4,7-9,13-14,20H,5-6,10-12H2,1H3,(H,30,32). The third kappa shape index (κ3) is 5.13. The first-order chi connectivity index (χ1) is 17.2. The minimum atomic E-state index is -4.58. The topological polar surface area (TPSA) is 77.3 Å². The first kappa shape index (κ1) is 24.4. The van der Waals surface area contributed by atoms with Gasteiger partial charge in [-0.2, -0.15) is 18.2 Å². The smallest absolute Gasteiger partial charge is 0.408 e. The average Bonchev–Trinajstić information content (AvgIpc) is 3.29. The molecule has 13 heteroatoms. The fourth-order valence-electron chi connectivity index (χ4n) is 4.92. The van der Waals surface area contributed by atoms with Gasteiger partial charge in [-0.05, 0) is 42.9 Å². The zero-order valence-electron chi connectivity index (χ0n) is 19.2. The number of halogens is 5. The van der Waals surface area contributed by atoms with Gasteiger partial charge in [0.15, 0.2) is 11.6 Å². The number of methoxy groups -OCH3 is 1. The van der Waals surface area contributed by atoms with E-state index in [2.05, 4.69) is 25.3 Å². The SMILES string of the molecule is COc1cc(N2CC3CCC(C2)C3Nc2nc(Oc3cccc(Cl)c3F)n(CC(F)(F)F)n2)ccn1. The third-order valence-corrected chi connectivity index (χ3v) is 6.80. The number of ether oxygens (including phenoxy) is 2. The summed E-state index contributed by atoms with van der Waals surface area (Å²) in [6, 6.07) is 7.29. The van der Waals surface area contributed by atoms with Crippen molar-refractivity contribution >= 4 is 23.2 Å². The van der Waals surface area contributed by atoms with Crippen LogP contribution >= 0.6 is 11.6 Å². The van der Waals surface area contributed by atoms with E-state index in [1.165, 1.54) is 18.2 Å². The number of piperidine rings is 1. The van der Waals surface area contributed by atoms with E-state index in [9.17, 15) is 17.6 Å². The van der Waals surface area contributed by atoms with Crippen molar-refractivity contribution < 1.29 is 27.0 Å². The Balaban J connectivity index is 1.35. The Labute approximate surface area is 209 Å². The highest BCUT2D eigenvalue weighted by Gasteiger charge is 2.43. The second-order valence-electron chi connectivity index (χ2n) is 8.87. The van der Waals surface area contributed by atoms with E-state index in [0.29, 0.717) is 10.6 Å². The van der Waals surface area contributed by atoms with Crippen LogP contribution in [0.1, 0.15) is 12.8 Å². The molecule has 1 aliphatic carbocycles. The van der Waals surface area contributed by atoms with Crippen LogP contribution in [0.25, 0.3) is 0 Å². The second kappa shape index (κ2) is 9.64. The number of anilines is 2. The number of fused-ring (bicyclic) bond motifs is 2. The minimum absolute atomic E-state index is 0.00221. The number of hydrogen-bond donors (Lipinski definition) is 1. The number of benzene rings is 1. The van der Waals surface area contributed by atoms with Gasteiger partial charge < -0.3 is 19.7 Å². The number of nitrogens with zero attached hydrogens (tertiary/aromatic N) is 5. The summed E-state index contributed by atoms with van der Waals surface area (Å²) in [5.41, 5.74) is 1.00. The summed E-state index contributed by atoms with van der Waals surface area (Å²) >= 11 is 5.77. The lowest BCUT2D eigenvalue weighted by atomic mass is 9.92. The number of nitrogens with one attached hydrogen (secondary N) is 1. The summed E-state index contributed by atoms with van der Waals surface area (Å²) < 4.78 is 65.0. The fourth-order valence-corrected chi connectivity index (χ4v) is 5.09. The van der Waals surface area contributed by atoms with Crippen LogP contribution in [0.4, 0.5) is 29.2 Å². The van der Waals surface area contributed by atoms with Crippen molar-refractivity contribution in [2.75, 3.05) is 30.4 Å². The molecule has 1 aliphatic heterocycles. The molecule has 2 bridgehead atoms. The molecular formula is C23H23ClF4N6O2. The van der Waals surface area contributed by atoms with Gasteiger partial charge in [-0.25, -0.2) is 14.1 Å². The molecule has 1 saturated carbocycles. The Kier molecular flexibility index (Phi) is 6.54. The molecule has 0 spiro atoms. The van der Waals surface area contributed by atoms with Crippen LogP contribution in [0.5, 0.6) is 17.6 Å². The molecular weight excluding hydrogens is 504 g/mol. The van der Waals surface area contributed by atoms with Gasteiger partial charge in [-0.1, -0.05) is 17.7 Å². The van der Waals surface area contributed by atoms with E-state index in [1.807, 2.05) is 12.1 Å². The summed E-state index contributed by atoms with van der Waals surface area (Å²) in [5.74, 6) is -0.250. The van der Waals surface area contributed by atoms with Crippen molar-refractivity contribution in [1.82, 2.24) is 19.7 Å². The van der Waals surface area contributed by atoms with Crippen molar-refractivity contribution in [2.45, 2.75) is 31.6 Å². The van der Waals surface area contributed by atoms with Crippen molar-refractivity contribution in [1.29, 1.82) is 0 Å². The monoisotopic (exact) mass is 526 g/mol.